The molecule has 1 aliphatic rings. The average Bonchev–Trinajstić information content (AvgIpc) is 2.86. The summed E-state index contributed by atoms with van der Waals surface area (Å²) in [5.41, 5.74) is -1.47. The number of halogens is 3. The van der Waals surface area contributed by atoms with Crippen molar-refractivity contribution in [2.75, 3.05) is 12.4 Å². The highest BCUT2D eigenvalue weighted by atomic mass is 79.9. The number of benzene rings is 3. The predicted octanol–water partition coefficient (Wildman–Crippen LogP) is 7.06. The molecule has 1 aliphatic heterocycles. The normalized spacial score (nSPS) is 13.5. The number of fused-ring (bicyclic) bond motifs is 2. The van der Waals surface area contributed by atoms with Gasteiger partial charge in [0.15, 0.2) is 0 Å². The van der Waals surface area contributed by atoms with Gasteiger partial charge in [-0.3, -0.25) is 0 Å². The Kier molecular flexibility index (Phi) is 8.06. The van der Waals surface area contributed by atoms with E-state index in [1.54, 1.807) is 54.6 Å². The number of carbonyl (C=O) groups excluding carboxylic acids is 1. The van der Waals surface area contributed by atoms with E-state index in [9.17, 15) is 18.7 Å². The Morgan fingerprint density at radius 3 is 2.00 bits per heavy atom. The molecule has 0 saturated carbocycles. The number of para-hydroxylation sites is 2. The van der Waals surface area contributed by atoms with E-state index in [1.165, 1.54) is 24.3 Å². The first kappa shape index (κ1) is 24.3. The van der Waals surface area contributed by atoms with E-state index in [1.807, 2.05) is 5.83 Å². The van der Waals surface area contributed by atoms with Gasteiger partial charge in [-0.25, -0.2) is 13.6 Å². The Labute approximate surface area is 198 Å². The fraction of sp³-hybridized carbons (Fsp3) is 0.160. The second-order valence-electron chi connectivity index (χ2n) is 6.79. The van der Waals surface area contributed by atoms with Crippen molar-refractivity contribution in [3.05, 3.63) is 102 Å². The lowest BCUT2D eigenvalue weighted by molar-refractivity contribution is -0.103. The molecule has 5 nitrogen and oxygen atoms in total. The Morgan fingerprint density at radius 1 is 0.970 bits per heavy atom. The van der Waals surface area contributed by atoms with Crippen LogP contribution in [0.25, 0.3) is 5.57 Å². The lowest BCUT2D eigenvalue weighted by atomic mass is 9.83. The smallest absolute Gasteiger partial charge is 0.510 e. The second kappa shape index (κ2) is 11.0. The molecular weight excluding hydrogens is 498 g/mol. The standard InChI is InChI=1S/C24H18F2O5.CH3Br/c25-22(26)24(31-23(28)29-15-17(14-27)16-8-2-1-3-9-16)18-10-4-6-12-20(18)30-21-13-7-5-11-19(21)24;1-2/h1-14,22,27H,15H2;1H3. The average molecular weight is 519 g/mol. The molecule has 0 bridgehead atoms. The zero-order valence-electron chi connectivity index (χ0n) is 17.6. The van der Waals surface area contributed by atoms with Gasteiger partial charge in [-0.05, 0) is 23.5 Å². The van der Waals surface area contributed by atoms with Crippen LogP contribution in [0.4, 0.5) is 13.6 Å². The molecule has 0 unspecified atom stereocenters. The van der Waals surface area contributed by atoms with E-state index in [2.05, 4.69) is 15.9 Å². The van der Waals surface area contributed by atoms with Crippen LogP contribution in [0, 0.1) is 0 Å². The molecule has 3 aromatic carbocycles. The molecule has 4 rings (SSSR count). The van der Waals surface area contributed by atoms with Gasteiger partial charge < -0.3 is 19.3 Å². The molecule has 0 radical (unpaired) electrons. The van der Waals surface area contributed by atoms with Gasteiger partial charge in [0.1, 0.15) is 18.1 Å². The van der Waals surface area contributed by atoms with Crippen LogP contribution in [0.1, 0.15) is 16.7 Å². The second-order valence-corrected chi connectivity index (χ2v) is 6.79. The first-order valence-corrected chi connectivity index (χ1v) is 11.4. The van der Waals surface area contributed by atoms with Crippen molar-refractivity contribution in [3.63, 3.8) is 0 Å². The Hall–Kier alpha value is -3.39. The molecule has 172 valence electrons. The zero-order chi connectivity index (χ0) is 23.8. The van der Waals surface area contributed by atoms with Crippen LogP contribution >= 0.6 is 15.9 Å². The molecule has 0 atom stereocenters. The summed E-state index contributed by atoms with van der Waals surface area (Å²) in [7, 11) is 0. The lowest BCUT2D eigenvalue weighted by Gasteiger charge is -2.38. The van der Waals surface area contributed by atoms with Crippen LogP contribution in [-0.4, -0.2) is 30.1 Å². The minimum absolute atomic E-state index is 0.0154. The van der Waals surface area contributed by atoms with Crippen molar-refractivity contribution in [2.24, 2.45) is 0 Å². The molecule has 1 N–H and O–H groups in total. The van der Waals surface area contributed by atoms with Crippen molar-refractivity contribution in [1.29, 1.82) is 0 Å². The SMILES string of the molecule is CBr.O=C(OCC(=CO)c1ccccc1)OC1(C(F)F)c2ccccc2Oc2ccccc21. The summed E-state index contributed by atoms with van der Waals surface area (Å²) in [4.78, 5) is 12.6. The molecule has 3 aromatic rings. The highest BCUT2D eigenvalue weighted by Gasteiger charge is 2.53. The van der Waals surface area contributed by atoms with Gasteiger partial charge in [0, 0.05) is 16.7 Å². The van der Waals surface area contributed by atoms with E-state index in [4.69, 9.17) is 14.2 Å². The van der Waals surface area contributed by atoms with Crippen LogP contribution in [0.5, 0.6) is 11.5 Å². The van der Waals surface area contributed by atoms with Gasteiger partial charge in [-0.1, -0.05) is 82.7 Å². The van der Waals surface area contributed by atoms with Gasteiger partial charge in [0.25, 0.3) is 6.43 Å². The predicted molar refractivity (Wildman–Crippen MR) is 124 cm³/mol. The third-order valence-corrected chi connectivity index (χ3v) is 4.99. The summed E-state index contributed by atoms with van der Waals surface area (Å²) in [6.07, 6.45) is -3.61. The van der Waals surface area contributed by atoms with Gasteiger partial charge in [-0.2, -0.15) is 0 Å². The summed E-state index contributed by atoms with van der Waals surface area (Å²) in [5, 5.41) is 9.48. The topological polar surface area (TPSA) is 65.0 Å². The number of alkyl halides is 3. The van der Waals surface area contributed by atoms with Crippen LogP contribution in [0.2, 0.25) is 0 Å². The van der Waals surface area contributed by atoms with Crippen molar-refractivity contribution in [1.82, 2.24) is 0 Å². The molecule has 33 heavy (non-hydrogen) atoms. The fourth-order valence-electron chi connectivity index (χ4n) is 3.52. The Bertz CT molecular complexity index is 1070. The van der Waals surface area contributed by atoms with E-state index in [-0.39, 0.29) is 34.8 Å². The molecule has 0 spiro atoms. The number of aliphatic hydroxyl groups excluding tert-OH is 1. The largest absolute Gasteiger partial charge is 0.515 e. The maximum atomic E-state index is 14.6. The lowest BCUT2D eigenvalue weighted by Crippen LogP contribution is -2.43. The number of hydrogen-bond acceptors (Lipinski definition) is 5. The third-order valence-electron chi connectivity index (χ3n) is 4.99. The zero-order valence-corrected chi connectivity index (χ0v) is 19.2. The summed E-state index contributed by atoms with van der Waals surface area (Å²) < 4.78 is 45.3. The van der Waals surface area contributed by atoms with Gasteiger partial charge in [0.2, 0.25) is 5.60 Å². The van der Waals surface area contributed by atoms with Gasteiger partial charge in [0.05, 0.1) is 6.26 Å². The number of hydrogen-bond donors (Lipinski definition) is 1. The fourth-order valence-corrected chi connectivity index (χ4v) is 3.52. The molecule has 0 fully saturated rings. The van der Waals surface area contributed by atoms with E-state index >= 15 is 0 Å². The molecule has 0 amide bonds. The molecule has 0 aliphatic carbocycles. The minimum atomic E-state index is -3.10. The molecule has 0 aromatic heterocycles. The maximum Gasteiger partial charge on any atom is 0.510 e. The van der Waals surface area contributed by atoms with Crippen molar-refractivity contribution >= 4 is 27.7 Å². The van der Waals surface area contributed by atoms with Crippen LogP contribution in [0.15, 0.2) is 85.1 Å². The van der Waals surface area contributed by atoms with E-state index in [0.29, 0.717) is 5.56 Å². The third kappa shape index (κ3) is 4.85. The van der Waals surface area contributed by atoms with Gasteiger partial charge in [-0.15, -0.1) is 0 Å². The first-order valence-electron chi connectivity index (χ1n) is 9.83. The Morgan fingerprint density at radius 2 is 1.48 bits per heavy atom. The van der Waals surface area contributed by atoms with Crippen molar-refractivity contribution < 1.29 is 32.9 Å². The number of carbonyl (C=O) groups is 1. The number of rotatable bonds is 5. The highest BCUT2D eigenvalue weighted by Crippen LogP contribution is 2.51. The summed E-state index contributed by atoms with van der Waals surface area (Å²) in [6.45, 7) is -0.363. The number of ether oxygens (including phenoxy) is 3. The maximum absolute atomic E-state index is 14.6. The van der Waals surface area contributed by atoms with Crippen LogP contribution in [0.3, 0.4) is 0 Å². The van der Waals surface area contributed by atoms with Gasteiger partial charge >= 0.3 is 6.16 Å². The molecule has 8 heteroatoms. The van der Waals surface area contributed by atoms with E-state index < -0.39 is 18.2 Å². The first-order chi connectivity index (χ1) is 16.1. The van der Waals surface area contributed by atoms with Crippen molar-refractivity contribution in [2.45, 2.75) is 12.0 Å². The Balaban J connectivity index is 0.00000149. The quantitative estimate of drug-likeness (QED) is 0.222. The molecular formula is C25H21BrF2O5. The van der Waals surface area contributed by atoms with Crippen LogP contribution in [-0.2, 0) is 15.1 Å². The molecule has 1 heterocycles. The summed E-state index contributed by atoms with van der Waals surface area (Å²) in [5.74, 6) is 2.14. The molecule has 0 saturated heterocycles. The summed E-state index contributed by atoms with van der Waals surface area (Å²) in [6, 6.07) is 21.0. The highest BCUT2D eigenvalue weighted by molar-refractivity contribution is 9.08. The van der Waals surface area contributed by atoms with Crippen molar-refractivity contribution in [3.8, 4) is 11.5 Å². The number of aliphatic hydroxyl groups is 1. The van der Waals surface area contributed by atoms with Crippen LogP contribution < -0.4 is 4.74 Å². The monoisotopic (exact) mass is 518 g/mol. The van der Waals surface area contributed by atoms with E-state index in [0.717, 1.165) is 6.26 Å². The minimum Gasteiger partial charge on any atom is -0.515 e. The summed E-state index contributed by atoms with van der Waals surface area (Å²) >= 11 is 2.94.